The number of aromatic amines is 1. The van der Waals surface area contributed by atoms with Crippen molar-refractivity contribution >= 4 is 23.2 Å². The summed E-state index contributed by atoms with van der Waals surface area (Å²) < 4.78 is 0. The molecule has 0 fully saturated rings. The molecular weight excluding hydrogens is 145 g/mol. The van der Waals surface area contributed by atoms with E-state index >= 15 is 0 Å². The zero-order chi connectivity index (χ0) is 5.98. The number of hydrogen-bond acceptors (Lipinski definition) is 0. The Morgan fingerprint density at radius 2 is 2.25 bits per heavy atom. The summed E-state index contributed by atoms with van der Waals surface area (Å²) in [7, 11) is 0. The Balaban J connectivity index is 2.84. The van der Waals surface area contributed by atoms with Crippen LogP contribution in [0.5, 0.6) is 0 Å². The summed E-state index contributed by atoms with van der Waals surface area (Å²) in [4.78, 5) is 2.86. The summed E-state index contributed by atoms with van der Waals surface area (Å²) in [6, 6.07) is 3.63. The van der Waals surface area contributed by atoms with Gasteiger partial charge in [-0.25, -0.2) is 0 Å². The van der Waals surface area contributed by atoms with E-state index in [4.69, 9.17) is 23.2 Å². The molecule has 0 spiro atoms. The van der Waals surface area contributed by atoms with Crippen molar-refractivity contribution < 1.29 is 0 Å². The first-order chi connectivity index (χ1) is 3.83. The molecule has 0 saturated heterocycles. The second kappa shape index (κ2) is 2.42. The number of alkyl halides is 1. The normalized spacial score (nSPS) is 9.75. The van der Waals surface area contributed by atoms with Gasteiger partial charge in [0.2, 0.25) is 0 Å². The van der Waals surface area contributed by atoms with Crippen molar-refractivity contribution in [2.45, 2.75) is 5.88 Å². The third-order valence-electron chi connectivity index (χ3n) is 0.855. The van der Waals surface area contributed by atoms with Crippen molar-refractivity contribution in [3.05, 3.63) is 23.0 Å². The second-order valence-electron chi connectivity index (χ2n) is 1.47. The van der Waals surface area contributed by atoms with Crippen LogP contribution in [0, 0.1) is 0 Å². The maximum atomic E-state index is 5.52. The molecule has 0 radical (unpaired) electrons. The summed E-state index contributed by atoms with van der Waals surface area (Å²) in [5.74, 6) is 0.493. The molecule has 8 heavy (non-hydrogen) atoms. The molecule has 1 rings (SSSR count). The van der Waals surface area contributed by atoms with Gasteiger partial charge in [0.1, 0.15) is 5.15 Å². The Morgan fingerprint density at radius 1 is 1.50 bits per heavy atom. The highest BCUT2D eigenvalue weighted by Gasteiger charge is 1.90. The SMILES string of the molecule is ClCc1ccc(Cl)[nH]1. The zero-order valence-corrected chi connectivity index (χ0v) is 5.63. The average molecular weight is 150 g/mol. The first-order valence-electron chi connectivity index (χ1n) is 2.22. The highest BCUT2D eigenvalue weighted by molar-refractivity contribution is 6.29. The van der Waals surface area contributed by atoms with Gasteiger partial charge in [-0.1, -0.05) is 11.6 Å². The molecule has 0 aliphatic heterocycles. The quantitative estimate of drug-likeness (QED) is 0.591. The van der Waals surface area contributed by atoms with Crippen LogP contribution in [0.15, 0.2) is 12.1 Å². The van der Waals surface area contributed by atoms with Gasteiger partial charge in [-0.3, -0.25) is 0 Å². The van der Waals surface area contributed by atoms with Gasteiger partial charge in [0, 0.05) is 5.69 Å². The van der Waals surface area contributed by atoms with Gasteiger partial charge in [-0.15, -0.1) is 11.6 Å². The van der Waals surface area contributed by atoms with E-state index in [0.717, 1.165) is 5.69 Å². The van der Waals surface area contributed by atoms with Gasteiger partial charge in [0.25, 0.3) is 0 Å². The first-order valence-corrected chi connectivity index (χ1v) is 3.13. The van der Waals surface area contributed by atoms with E-state index in [-0.39, 0.29) is 0 Å². The number of nitrogens with one attached hydrogen (secondary N) is 1. The topological polar surface area (TPSA) is 15.8 Å². The number of aromatic nitrogens is 1. The summed E-state index contributed by atoms with van der Waals surface area (Å²) in [5.41, 5.74) is 0.955. The fourth-order valence-corrected chi connectivity index (χ4v) is 0.829. The van der Waals surface area contributed by atoms with Crippen molar-refractivity contribution in [1.29, 1.82) is 0 Å². The van der Waals surface area contributed by atoms with E-state index in [1.165, 1.54) is 0 Å². The van der Waals surface area contributed by atoms with Crippen molar-refractivity contribution in [2.24, 2.45) is 0 Å². The van der Waals surface area contributed by atoms with E-state index in [0.29, 0.717) is 11.0 Å². The Labute approximate surface area is 57.6 Å². The average Bonchev–Trinajstić information content (AvgIpc) is 2.14. The maximum Gasteiger partial charge on any atom is 0.106 e. The molecule has 0 unspecified atom stereocenters. The Kier molecular flexibility index (Phi) is 1.81. The molecule has 0 bridgehead atoms. The predicted octanol–water partition coefficient (Wildman–Crippen LogP) is 2.41. The van der Waals surface area contributed by atoms with E-state index < -0.39 is 0 Å². The molecule has 0 aliphatic carbocycles. The van der Waals surface area contributed by atoms with Crippen molar-refractivity contribution in [1.82, 2.24) is 4.98 Å². The smallest absolute Gasteiger partial charge is 0.106 e. The van der Waals surface area contributed by atoms with Gasteiger partial charge in [-0.05, 0) is 12.1 Å². The minimum Gasteiger partial charge on any atom is -0.349 e. The van der Waals surface area contributed by atoms with Gasteiger partial charge < -0.3 is 4.98 Å². The number of H-pyrrole nitrogens is 1. The van der Waals surface area contributed by atoms with Gasteiger partial charge >= 0.3 is 0 Å². The number of hydrogen-bond donors (Lipinski definition) is 1. The van der Waals surface area contributed by atoms with Crippen molar-refractivity contribution in [3.63, 3.8) is 0 Å². The molecule has 0 saturated carbocycles. The Hall–Kier alpha value is -0.140. The Bertz CT molecular complexity index is 171. The van der Waals surface area contributed by atoms with Gasteiger partial charge in [-0.2, -0.15) is 0 Å². The lowest BCUT2D eigenvalue weighted by atomic mass is 10.5. The van der Waals surface area contributed by atoms with E-state index in [1.807, 2.05) is 6.07 Å². The molecule has 3 heteroatoms. The Morgan fingerprint density at radius 3 is 2.50 bits per heavy atom. The molecule has 1 nitrogen and oxygen atoms in total. The fraction of sp³-hybridized carbons (Fsp3) is 0.200. The van der Waals surface area contributed by atoms with Gasteiger partial charge in [0.15, 0.2) is 0 Å². The minimum absolute atomic E-state index is 0.493. The van der Waals surface area contributed by atoms with Crippen LogP contribution in [0.2, 0.25) is 5.15 Å². The largest absolute Gasteiger partial charge is 0.349 e. The summed E-state index contributed by atoms with van der Waals surface area (Å²) in [6.07, 6.45) is 0. The van der Waals surface area contributed by atoms with Crippen LogP contribution in [0.4, 0.5) is 0 Å². The lowest BCUT2D eigenvalue weighted by Crippen LogP contribution is -1.71. The van der Waals surface area contributed by atoms with Crippen molar-refractivity contribution in [2.75, 3.05) is 0 Å². The minimum atomic E-state index is 0.493. The number of halogens is 2. The van der Waals surface area contributed by atoms with Crippen LogP contribution in [0.25, 0.3) is 0 Å². The molecule has 0 aromatic carbocycles. The summed E-state index contributed by atoms with van der Waals surface area (Å²) in [5, 5.41) is 0.639. The van der Waals surface area contributed by atoms with Crippen LogP contribution in [-0.4, -0.2) is 4.98 Å². The molecule has 0 aliphatic rings. The molecule has 1 aromatic heterocycles. The molecule has 1 heterocycles. The zero-order valence-electron chi connectivity index (χ0n) is 4.12. The maximum absolute atomic E-state index is 5.52. The monoisotopic (exact) mass is 149 g/mol. The lowest BCUT2D eigenvalue weighted by Gasteiger charge is -1.81. The number of rotatable bonds is 1. The van der Waals surface area contributed by atoms with Crippen LogP contribution in [0.3, 0.4) is 0 Å². The molecule has 1 N–H and O–H groups in total. The summed E-state index contributed by atoms with van der Waals surface area (Å²) >= 11 is 11.0. The standard InChI is InChI=1S/C5H5Cl2N/c6-3-4-1-2-5(7)8-4/h1-2,8H,3H2. The third kappa shape index (κ3) is 1.17. The summed E-state index contributed by atoms with van der Waals surface area (Å²) in [6.45, 7) is 0. The molecule has 44 valence electrons. The molecule has 1 aromatic rings. The second-order valence-corrected chi connectivity index (χ2v) is 2.14. The fourth-order valence-electron chi connectivity index (χ4n) is 0.488. The highest BCUT2D eigenvalue weighted by Crippen LogP contribution is 2.08. The lowest BCUT2D eigenvalue weighted by molar-refractivity contribution is 1.23. The van der Waals surface area contributed by atoms with Crippen LogP contribution < -0.4 is 0 Å². The first kappa shape index (κ1) is 5.99. The predicted molar refractivity (Wildman–Crippen MR) is 35.4 cm³/mol. The van der Waals surface area contributed by atoms with Crippen LogP contribution in [-0.2, 0) is 5.88 Å². The molecule has 0 atom stereocenters. The van der Waals surface area contributed by atoms with E-state index in [1.54, 1.807) is 6.07 Å². The highest BCUT2D eigenvalue weighted by atomic mass is 35.5. The van der Waals surface area contributed by atoms with Crippen molar-refractivity contribution in [3.8, 4) is 0 Å². The van der Waals surface area contributed by atoms with Crippen LogP contribution in [0.1, 0.15) is 5.69 Å². The van der Waals surface area contributed by atoms with E-state index in [9.17, 15) is 0 Å². The van der Waals surface area contributed by atoms with Gasteiger partial charge in [0.05, 0.1) is 5.88 Å². The van der Waals surface area contributed by atoms with E-state index in [2.05, 4.69) is 4.98 Å². The van der Waals surface area contributed by atoms with Crippen LogP contribution >= 0.6 is 23.2 Å². The molecular formula is C5H5Cl2N. The third-order valence-corrected chi connectivity index (χ3v) is 1.36. The molecule has 0 amide bonds.